The zero-order chi connectivity index (χ0) is 16.7. The molecule has 0 fully saturated rings. The first-order valence-electron chi connectivity index (χ1n) is 8.32. The van der Waals surface area contributed by atoms with Gasteiger partial charge in [0.05, 0.1) is 0 Å². The maximum atomic E-state index is 6.02. The van der Waals surface area contributed by atoms with E-state index in [1.54, 1.807) is 4.88 Å². The molecule has 1 aromatic heterocycles. The molecule has 1 aliphatic heterocycles. The van der Waals surface area contributed by atoms with Gasteiger partial charge in [-0.15, -0.1) is 11.3 Å². The Bertz CT molecular complexity index is 564. The van der Waals surface area contributed by atoms with E-state index < -0.39 is 0 Å². The molecule has 0 aliphatic carbocycles. The van der Waals surface area contributed by atoms with Crippen molar-refractivity contribution in [3.05, 3.63) is 45.1 Å². The Kier molecular flexibility index (Phi) is 7.46. The molecule has 0 radical (unpaired) electrons. The van der Waals surface area contributed by atoms with Gasteiger partial charge < -0.3 is 10.6 Å². The molecule has 2 aromatic rings. The lowest BCUT2D eigenvalue weighted by molar-refractivity contribution is 0.743. The summed E-state index contributed by atoms with van der Waals surface area (Å²) in [6.07, 6.45) is 1.16. The van der Waals surface area contributed by atoms with Crippen molar-refractivity contribution in [2.45, 2.75) is 54.5 Å². The molecule has 1 aliphatic rings. The summed E-state index contributed by atoms with van der Waals surface area (Å²) >= 11 is 1.88. The molecule has 2 N–H and O–H groups in total. The normalized spacial score (nSPS) is 12.5. The second-order valence-corrected chi connectivity index (χ2v) is 6.03. The smallest absolute Gasteiger partial charge is 0.0440 e. The molecule has 0 unspecified atom stereocenters. The fourth-order valence-electron chi connectivity index (χ4n) is 2.60. The van der Waals surface area contributed by atoms with E-state index in [0.29, 0.717) is 0 Å². The summed E-state index contributed by atoms with van der Waals surface area (Å²) in [7, 11) is 0. The maximum absolute atomic E-state index is 6.02. The van der Waals surface area contributed by atoms with Crippen molar-refractivity contribution < 1.29 is 0 Å². The Labute approximate surface area is 140 Å². The number of fused-ring (bicyclic) bond motifs is 1. The molecule has 0 saturated carbocycles. The lowest BCUT2D eigenvalue weighted by Crippen LogP contribution is -2.29. The minimum absolute atomic E-state index is 0.923. The van der Waals surface area contributed by atoms with Crippen molar-refractivity contribution in [2.24, 2.45) is 0 Å². The van der Waals surface area contributed by atoms with Gasteiger partial charge in [0.25, 0.3) is 0 Å². The molecule has 3 heteroatoms. The van der Waals surface area contributed by atoms with Crippen LogP contribution in [0, 0.1) is 13.8 Å². The van der Waals surface area contributed by atoms with Crippen LogP contribution in [0.25, 0.3) is 0 Å². The van der Waals surface area contributed by atoms with Gasteiger partial charge in [-0.25, -0.2) is 0 Å². The van der Waals surface area contributed by atoms with E-state index in [-0.39, 0.29) is 0 Å². The molecule has 0 bridgehead atoms. The lowest BCUT2D eigenvalue weighted by atomic mass is 10.0. The third-order valence-electron chi connectivity index (χ3n) is 3.75. The second-order valence-electron chi connectivity index (χ2n) is 5.03. The van der Waals surface area contributed by atoms with E-state index in [1.807, 2.05) is 39.0 Å². The highest BCUT2D eigenvalue weighted by Gasteiger charge is 2.18. The molecule has 3 rings (SSSR count). The Hall–Kier alpha value is -1.48. The first kappa shape index (κ1) is 18.6. The molecule has 0 spiro atoms. The number of anilines is 2. The fraction of sp³-hybridized carbons (Fsp3) is 0.474. The summed E-state index contributed by atoms with van der Waals surface area (Å²) in [5, 5.41) is 2.20. The molecule has 122 valence electrons. The van der Waals surface area contributed by atoms with Gasteiger partial charge in [-0.3, -0.25) is 0 Å². The number of hydrogen-bond donors (Lipinski definition) is 1. The van der Waals surface area contributed by atoms with E-state index in [4.69, 9.17) is 5.73 Å². The number of thiophene rings is 1. The highest BCUT2D eigenvalue weighted by Crippen LogP contribution is 2.30. The van der Waals surface area contributed by atoms with Gasteiger partial charge >= 0.3 is 0 Å². The van der Waals surface area contributed by atoms with Crippen LogP contribution in [0.1, 0.15) is 49.3 Å². The number of aryl methyl sites for hydroxylation is 2. The van der Waals surface area contributed by atoms with Gasteiger partial charge in [0.15, 0.2) is 0 Å². The van der Waals surface area contributed by atoms with Crippen molar-refractivity contribution in [1.29, 1.82) is 0 Å². The summed E-state index contributed by atoms with van der Waals surface area (Å²) in [4.78, 5) is 4.00. The van der Waals surface area contributed by atoms with Crippen LogP contribution in [-0.2, 0) is 13.0 Å². The zero-order valence-electron chi connectivity index (χ0n) is 14.9. The van der Waals surface area contributed by atoms with E-state index in [2.05, 4.69) is 42.3 Å². The Morgan fingerprint density at radius 1 is 1.05 bits per heavy atom. The lowest BCUT2D eigenvalue weighted by Gasteiger charge is -2.30. The van der Waals surface area contributed by atoms with Gasteiger partial charge in [0.2, 0.25) is 0 Å². The molecular formula is C19H30N2S. The van der Waals surface area contributed by atoms with Crippen molar-refractivity contribution in [1.82, 2.24) is 0 Å². The molecule has 0 atom stereocenters. The highest BCUT2D eigenvalue weighted by molar-refractivity contribution is 7.10. The van der Waals surface area contributed by atoms with Gasteiger partial charge in [-0.2, -0.15) is 0 Å². The standard InChI is InChI=1S/C15H18N2S.2C2H6/c1-10-7-13(8-11(2)15(10)16)17-5-3-14-12(9-17)4-6-18-14;2*1-2/h4,6-8H,3,5,9,16H2,1-2H3;2*1-2H3. The largest absolute Gasteiger partial charge is 0.398 e. The Balaban J connectivity index is 0.000000561. The number of nitrogens with two attached hydrogens (primary N) is 1. The number of benzene rings is 1. The van der Waals surface area contributed by atoms with Crippen LogP contribution in [0.3, 0.4) is 0 Å². The van der Waals surface area contributed by atoms with Crippen molar-refractivity contribution >= 4 is 22.7 Å². The summed E-state index contributed by atoms with van der Waals surface area (Å²) < 4.78 is 0. The van der Waals surface area contributed by atoms with Crippen LogP contribution >= 0.6 is 11.3 Å². The SMILES string of the molecule is CC.CC.Cc1cc(N2CCc3sccc3C2)cc(C)c1N. The highest BCUT2D eigenvalue weighted by atomic mass is 32.1. The quantitative estimate of drug-likeness (QED) is 0.697. The Morgan fingerprint density at radius 3 is 2.23 bits per heavy atom. The third-order valence-corrected chi connectivity index (χ3v) is 4.77. The van der Waals surface area contributed by atoms with Crippen LogP contribution < -0.4 is 10.6 Å². The van der Waals surface area contributed by atoms with Crippen LogP contribution in [0.15, 0.2) is 23.6 Å². The summed E-state index contributed by atoms with van der Waals surface area (Å²) in [5.41, 5.74) is 12.1. The van der Waals surface area contributed by atoms with Gasteiger partial charge in [0.1, 0.15) is 0 Å². The van der Waals surface area contributed by atoms with Crippen molar-refractivity contribution in [3.8, 4) is 0 Å². The first-order valence-corrected chi connectivity index (χ1v) is 9.20. The van der Waals surface area contributed by atoms with Gasteiger partial charge in [-0.05, 0) is 60.5 Å². The van der Waals surface area contributed by atoms with Crippen molar-refractivity contribution in [3.63, 3.8) is 0 Å². The number of hydrogen-bond acceptors (Lipinski definition) is 3. The van der Waals surface area contributed by atoms with E-state index in [0.717, 1.165) is 25.2 Å². The third kappa shape index (κ3) is 4.04. The van der Waals surface area contributed by atoms with Gasteiger partial charge in [0, 0.05) is 29.3 Å². The second kappa shape index (κ2) is 8.84. The number of nitrogens with zero attached hydrogens (tertiary/aromatic N) is 1. The molecule has 2 nitrogen and oxygen atoms in total. The molecule has 22 heavy (non-hydrogen) atoms. The van der Waals surface area contributed by atoms with E-state index in [9.17, 15) is 0 Å². The predicted octanol–water partition coefficient (Wildman–Crippen LogP) is 5.56. The van der Waals surface area contributed by atoms with Crippen LogP contribution in [-0.4, -0.2) is 6.54 Å². The van der Waals surface area contributed by atoms with Crippen molar-refractivity contribution in [2.75, 3.05) is 17.2 Å². The van der Waals surface area contributed by atoms with E-state index >= 15 is 0 Å². The zero-order valence-corrected chi connectivity index (χ0v) is 15.7. The predicted molar refractivity (Wildman–Crippen MR) is 102 cm³/mol. The summed E-state index contributed by atoms with van der Waals surface area (Å²) in [5.74, 6) is 0. The number of rotatable bonds is 1. The summed E-state index contributed by atoms with van der Waals surface area (Å²) in [6, 6.07) is 6.67. The molecule has 1 aromatic carbocycles. The average Bonchev–Trinajstić information content (AvgIpc) is 3.03. The molecule has 0 saturated heterocycles. The maximum Gasteiger partial charge on any atom is 0.0440 e. The monoisotopic (exact) mass is 318 g/mol. The first-order chi connectivity index (χ1) is 10.6. The summed E-state index contributed by atoms with van der Waals surface area (Å²) in [6.45, 7) is 14.3. The average molecular weight is 319 g/mol. The van der Waals surface area contributed by atoms with E-state index in [1.165, 1.54) is 22.4 Å². The van der Waals surface area contributed by atoms with Crippen LogP contribution in [0.2, 0.25) is 0 Å². The topological polar surface area (TPSA) is 29.3 Å². The molecule has 2 heterocycles. The van der Waals surface area contributed by atoms with Crippen LogP contribution in [0.5, 0.6) is 0 Å². The molecular weight excluding hydrogens is 288 g/mol. The van der Waals surface area contributed by atoms with Gasteiger partial charge in [-0.1, -0.05) is 27.7 Å². The van der Waals surface area contributed by atoms with Crippen LogP contribution in [0.4, 0.5) is 11.4 Å². The molecule has 0 amide bonds. The minimum Gasteiger partial charge on any atom is -0.398 e. The minimum atomic E-state index is 0.923. The fourth-order valence-corrected chi connectivity index (χ4v) is 3.49. The number of nitrogen functional groups attached to an aromatic ring is 1. The Morgan fingerprint density at radius 2 is 1.64 bits per heavy atom.